The van der Waals surface area contributed by atoms with E-state index in [9.17, 15) is 0 Å². The molecule has 2 heterocycles. The molecule has 0 radical (unpaired) electrons. The Bertz CT molecular complexity index is 240. The second-order valence-corrected chi connectivity index (χ2v) is 5.44. The van der Waals surface area contributed by atoms with Crippen molar-refractivity contribution in [3.05, 3.63) is 11.6 Å². The van der Waals surface area contributed by atoms with Crippen molar-refractivity contribution in [1.29, 1.82) is 0 Å². The van der Waals surface area contributed by atoms with Gasteiger partial charge in [-0.3, -0.25) is 4.90 Å². The Hall–Kier alpha value is -0.300. The molecule has 0 aromatic heterocycles. The Morgan fingerprint density at radius 3 is 2.43 bits per heavy atom. The minimum atomic E-state index is 0.720. The van der Waals surface area contributed by atoms with Crippen molar-refractivity contribution in [1.82, 2.24) is 4.90 Å². The molecule has 2 rings (SSSR count). The van der Waals surface area contributed by atoms with Crippen LogP contribution in [0.15, 0.2) is 11.6 Å². The van der Waals surface area contributed by atoms with E-state index in [1.807, 2.05) is 0 Å². The lowest BCUT2D eigenvalue weighted by Crippen LogP contribution is -2.43. The molecule has 0 N–H and O–H groups in total. The normalized spacial score (nSPS) is 32.9. The third-order valence-corrected chi connectivity index (χ3v) is 3.82. The summed E-state index contributed by atoms with van der Waals surface area (Å²) in [6, 6.07) is 2.33. The van der Waals surface area contributed by atoms with Crippen LogP contribution in [0.3, 0.4) is 0 Å². The van der Waals surface area contributed by atoms with E-state index in [1.54, 1.807) is 5.57 Å². The zero-order chi connectivity index (χ0) is 10.3. The second-order valence-electron chi connectivity index (χ2n) is 5.44. The Kier molecular flexibility index (Phi) is 2.70. The number of rotatable bonds is 2. The standard InChI is InChI=1S/C13H23N/c1-9(2)11-7-12-5-6-13(8-11)14(12)10(3)4/h7,9-10,12-13H,5-6,8H2,1-4H3/t12-,13+/m0/s1. The van der Waals surface area contributed by atoms with E-state index in [4.69, 9.17) is 0 Å². The first-order valence-electron chi connectivity index (χ1n) is 6.07. The summed E-state index contributed by atoms with van der Waals surface area (Å²) in [5.74, 6) is 0.757. The Balaban J connectivity index is 2.17. The summed E-state index contributed by atoms with van der Waals surface area (Å²) < 4.78 is 0. The Morgan fingerprint density at radius 2 is 1.93 bits per heavy atom. The van der Waals surface area contributed by atoms with Crippen LogP contribution in [-0.4, -0.2) is 23.0 Å². The second kappa shape index (κ2) is 3.69. The highest BCUT2D eigenvalue weighted by atomic mass is 15.2. The van der Waals surface area contributed by atoms with Crippen LogP contribution < -0.4 is 0 Å². The van der Waals surface area contributed by atoms with Crippen LogP contribution in [-0.2, 0) is 0 Å². The lowest BCUT2D eigenvalue weighted by atomic mass is 9.92. The van der Waals surface area contributed by atoms with Gasteiger partial charge in [0, 0.05) is 18.1 Å². The average molecular weight is 193 g/mol. The van der Waals surface area contributed by atoms with Crippen LogP contribution >= 0.6 is 0 Å². The summed E-state index contributed by atoms with van der Waals surface area (Å²) in [4.78, 5) is 2.71. The van der Waals surface area contributed by atoms with E-state index in [0.29, 0.717) is 0 Å². The minimum Gasteiger partial charge on any atom is -0.291 e. The van der Waals surface area contributed by atoms with Gasteiger partial charge in [-0.25, -0.2) is 0 Å². The summed E-state index contributed by atoms with van der Waals surface area (Å²) in [6.07, 6.45) is 6.68. The maximum Gasteiger partial charge on any atom is 0.0287 e. The first kappa shape index (κ1) is 10.2. The number of hydrogen-bond donors (Lipinski definition) is 0. The van der Waals surface area contributed by atoms with Gasteiger partial charge in [-0.05, 0) is 39.0 Å². The summed E-state index contributed by atoms with van der Waals surface area (Å²) >= 11 is 0. The van der Waals surface area contributed by atoms with Crippen molar-refractivity contribution in [3.63, 3.8) is 0 Å². The molecule has 2 atom stereocenters. The lowest BCUT2D eigenvalue weighted by molar-refractivity contribution is 0.156. The molecule has 2 aliphatic rings. The molecule has 1 fully saturated rings. The molecule has 0 unspecified atom stereocenters. The van der Waals surface area contributed by atoms with Crippen molar-refractivity contribution < 1.29 is 0 Å². The predicted octanol–water partition coefficient (Wildman–Crippen LogP) is 3.21. The zero-order valence-corrected chi connectivity index (χ0v) is 9.96. The molecule has 80 valence electrons. The van der Waals surface area contributed by atoms with Crippen molar-refractivity contribution in [3.8, 4) is 0 Å². The van der Waals surface area contributed by atoms with Crippen molar-refractivity contribution in [2.45, 2.75) is 65.1 Å². The molecule has 0 aromatic carbocycles. The van der Waals surface area contributed by atoms with E-state index in [-0.39, 0.29) is 0 Å². The summed E-state index contributed by atoms with van der Waals surface area (Å²) in [6.45, 7) is 9.33. The molecule has 0 amide bonds. The third-order valence-electron chi connectivity index (χ3n) is 3.82. The first-order chi connectivity index (χ1) is 6.59. The molecular formula is C13H23N. The van der Waals surface area contributed by atoms with Gasteiger partial charge in [0.1, 0.15) is 0 Å². The molecule has 0 saturated carbocycles. The fourth-order valence-corrected chi connectivity index (χ4v) is 3.13. The van der Waals surface area contributed by atoms with Crippen LogP contribution in [0, 0.1) is 5.92 Å². The van der Waals surface area contributed by atoms with E-state index in [1.165, 1.54) is 19.3 Å². The highest BCUT2D eigenvalue weighted by Gasteiger charge is 2.37. The van der Waals surface area contributed by atoms with E-state index >= 15 is 0 Å². The zero-order valence-electron chi connectivity index (χ0n) is 9.96. The first-order valence-corrected chi connectivity index (χ1v) is 6.07. The van der Waals surface area contributed by atoms with Gasteiger partial charge >= 0.3 is 0 Å². The fourth-order valence-electron chi connectivity index (χ4n) is 3.13. The molecular weight excluding hydrogens is 170 g/mol. The molecule has 0 aromatic rings. The van der Waals surface area contributed by atoms with Crippen LogP contribution in [0.4, 0.5) is 0 Å². The van der Waals surface area contributed by atoms with Gasteiger partial charge in [0.2, 0.25) is 0 Å². The number of hydrogen-bond acceptors (Lipinski definition) is 1. The molecule has 1 nitrogen and oxygen atoms in total. The van der Waals surface area contributed by atoms with Crippen LogP contribution in [0.5, 0.6) is 0 Å². The molecule has 1 heteroatoms. The number of fused-ring (bicyclic) bond motifs is 2. The van der Waals surface area contributed by atoms with Crippen LogP contribution in [0.1, 0.15) is 47.0 Å². The van der Waals surface area contributed by atoms with Gasteiger partial charge < -0.3 is 0 Å². The minimum absolute atomic E-state index is 0.720. The quantitative estimate of drug-likeness (QED) is 0.609. The smallest absolute Gasteiger partial charge is 0.0287 e. The molecule has 14 heavy (non-hydrogen) atoms. The largest absolute Gasteiger partial charge is 0.291 e. The van der Waals surface area contributed by atoms with Gasteiger partial charge in [-0.2, -0.15) is 0 Å². The van der Waals surface area contributed by atoms with E-state index < -0.39 is 0 Å². The summed E-state index contributed by atoms with van der Waals surface area (Å²) in [5, 5.41) is 0. The van der Waals surface area contributed by atoms with Gasteiger partial charge in [0.05, 0.1) is 0 Å². The molecule has 1 saturated heterocycles. The summed E-state index contributed by atoms with van der Waals surface area (Å²) in [7, 11) is 0. The molecule has 0 spiro atoms. The van der Waals surface area contributed by atoms with Gasteiger partial charge in [0.25, 0.3) is 0 Å². The topological polar surface area (TPSA) is 3.24 Å². The molecule has 0 aliphatic carbocycles. The van der Waals surface area contributed by atoms with Gasteiger partial charge in [-0.1, -0.05) is 25.5 Å². The highest BCUT2D eigenvalue weighted by Crippen LogP contribution is 2.38. The van der Waals surface area contributed by atoms with E-state index in [0.717, 1.165) is 24.0 Å². The van der Waals surface area contributed by atoms with Gasteiger partial charge in [-0.15, -0.1) is 0 Å². The molecule has 2 bridgehead atoms. The van der Waals surface area contributed by atoms with Crippen LogP contribution in [0.2, 0.25) is 0 Å². The van der Waals surface area contributed by atoms with Crippen LogP contribution in [0.25, 0.3) is 0 Å². The third kappa shape index (κ3) is 1.63. The van der Waals surface area contributed by atoms with Crippen molar-refractivity contribution >= 4 is 0 Å². The van der Waals surface area contributed by atoms with Crippen molar-refractivity contribution in [2.75, 3.05) is 0 Å². The SMILES string of the molecule is CC(C)C1=C[C@@H]2CC[C@H](C1)N2C(C)C. The predicted molar refractivity (Wildman–Crippen MR) is 61.3 cm³/mol. The Labute approximate surface area is 88.2 Å². The monoisotopic (exact) mass is 193 g/mol. The highest BCUT2D eigenvalue weighted by molar-refractivity contribution is 5.19. The maximum absolute atomic E-state index is 2.71. The maximum atomic E-state index is 2.71. The van der Waals surface area contributed by atoms with Gasteiger partial charge in [0.15, 0.2) is 0 Å². The lowest BCUT2D eigenvalue weighted by Gasteiger charge is -2.37. The fraction of sp³-hybridized carbons (Fsp3) is 0.846. The average Bonchev–Trinajstić information content (AvgIpc) is 2.37. The van der Waals surface area contributed by atoms with E-state index in [2.05, 4.69) is 38.7 Å². The Morgan fingerprint density at radius 1 is 1.21 bits per heavy atom. The van der Waals surface area contributed by atoms with Crippen molar-refractivity contribution in [2.24, 2.45) is 5.92 Å². The number of nitrogens with zero attached hydrogens (tertiary/aromatic N) is 1. The molecule has 2 aliphatic heterocycles. The summed E-state index contributed by atoms with van der Waals surface area (Å²) in [5.41, 5.74) is 1.70.